The van der Waals surface area contributed by atoms with Crippen molar-refractivity contribution in [2.24, 2.45) is 0 Å². The Bertz CT molecular complexity index is 1090. The fourth-order valence-corrected chi connectivity index (χ4v) is 3.23. The van der Waals surface area contributed by atoms with Gasteiger partial charge >= 0.3 is 5.97 Å². The molecule has 2 N–H and O–H groups in total. The molecule has 2 aromatic carbocycles. The van der Waals surface area contributed by atoms with Crippen LogP contribution in [0.1, 0.15) is 21.5 Å². The average molecular weight is 374 g/mol. The van der Waals surface area contributed by atoms with Gasteiger partial charge in [0.2, 0.25) is 0 Å². The van der Waals surface area contributed by atoms with Crippen molar-refractivity contribution in [2.45, 2.75) is 13.3 Å². The Morgan fingerprint density at radius 2 is 1.89 bits per heavy atom. The number of benzene rings is 2. The minimum Gasteiger partial charge on any atom is -0.465 e. The van der Waals surface area contributed by atoms with E-state index in [-0.39, 0.29) is 0 Å². The summed E-state index contributed by atoms with van der Waals surface area (Å²) in [7, 11) is 1.37. The van der Waals surface area contributed by atoms with Crippen LogP contribution in [-0.2, 0) is 11.2 Å². The summed E-state index contributed by atoms with van der Waals surface area (Å²) in [6, 6.07) is 18.5. The zero-order valence-electron chi connectivity index (χ0n) is 15.9. The molecular weight excluding hydrogens is 352 g/mol. The summed E-state index contributed by atoms with van der Waals surface area (Å²) in [5.41, 5.74) is 5.18. The van der Waals surface area contributed by atoms with Gasteiger partial charge in [-0.25, -0.2) is 14.3 Å². The molecule has 2 heterocycles. The number of carbonyl (C=O) groups excluding carboxylic acids is 1. The molecule has 4 rings (SSSR count). The standard InChI is InChI=1S/C22H22N4O2/c1-15-8-10-17(11-9-15)19-21(23-13-12-16-6-4-3-5-7-16)26-20(25-19)18(14-24-26)22(27)28-2/h3-11,14,23-24H,12-13H2,1-2H3. The van der Waals surface area contributed by atoms with Gasteiger partial charge in [0.05, 0.1) is 7.11 Å². The summed E-state index contributed by atoms with van der Waals surface area (Å²) in [5.74, 6) is 0.410. The zero-order chi connectivity index (χ0) is 19.5. The second-order valence-electron chi connectivity index (χ2n) is 6.68. The molecule has 6 nitrogen and oxygen atoms in total. The number of imidazole rings is 1. The molecule has 0 aliphatic heterocycles. The van der Waals surface area contributed by atoms with Gasteiger partial charge in [-0.1, -0.05) is 60.2 Å². The summed E-state index contributed by atoms with van der Waals surface area (Å²) in [6.07, 6.45) is 2.50. The molecule has 0 bridgehead atoms. The number of esters is 1. The minimum atomic E-state index is -0.414. The average Bonchev–Trinajstić information content (AvgIpc) is 3.29. The van der Waals surface area contributed by atoms with Crippen LogP contribution in [0.5, 0.6) is 0 Å². The summed E-state index contributed by atoms with van der Waals surface area (Å²) in [5, 5.41) is 6.60. The third-order valence-electron chi connectivity index (χ3n) is 4.74. The Morgan fingerprint density at radius 1 is 1.14 bits per heavy atom. The number of aromatic amines is 1. The van der Waals surface area contributed by atoms with Crippen LogP contribution in [0.2, 0.25) is 0 Å². The second kappa shape index (κ2) is 7.60. The fraction of sp³-hybridized carbons (Fsp3) is 0.182. The molecule has 0 aliphatic rings. The van der Waals surface area contributed by atoms with Gasteiger partial charge < -0.3 is 10.1 Å². The van der Waals surface area contributed by atoms with Crippen molar-refractivity contribution in [1.82, 2.24) is 14.6 Å². The van der Waals surface area contributed by atoms with Crippen LogP contribution in [0, 0.1) is 6.92 Å². The first-order valence-corrected chi connectivity index (χ1v) is 9.20. The van der Waals surface area contributed by atoms with Crippen molar-refractivity contribution < 1.29 is 9.53 Å². The van der Waals surface area contributed by atoms with Crippen LogP contribution in [0.4, 0.5) is 5.82 Å². The highest BCUT2D eigenvalue weighted by molar-refractivity contribution is 5.97. The number of aromatic nitrogens is 3. The highest BCUT2D eigenvalue weighted by Gasteiger charge is 2.21. The SMILES string of the molecule is COC(=O)c1c[nH]n2c(NCCc3ccccc3)c(-c3ccc(C)cc3)nc12. The minimum absolute atomic E-state index is 0.409. The van der Waals surface area contributed by atoms with Crippen molar-refractivity contribution >= 4 is 17.4 Å². The number of fused-ring (bicyclic) bond motifs is 1. The third kappa shape index (κ3) is 3.36. The molecule has 0 aliphatic carbocycles. The summed E-state index contributed by atoms with van der Waals surface area (Å²) >= 11 is 0. The number of ether oxygens (including phenoxy) is 1. The molecule has 6 heteroatoms. The maximum absolute atomic E-state index is 12.1. The number of H-pyrrole nitrogens is 1. The Balaban J connectivity index is 1.71. The van der Waals surface area contributed by atoms with Crippen molar-refractivity contribution in [1.29, 1.82) is 0 Å². The number of nitrogens with one attached hydrogen (secondary N) is 2. The molecule has 0 fully saturated rings. The lowest BCUT2D eigenvalue weighted by atomic mass is 10.1. The lowest BCUT2D eigenvalue weighted by Gasteiger charge is -2.08. The lowest BCUT2D eigenvalue weighted by Crippen LogP contribution is -2.08. The Kier molecular flexibility index (Phi) is 4.85. The van der Waals surface area contributed by atoms with Crippen molar-refractivity contribution in [3.63, 3.8) is 0 Å². The van der Waals surface area contributed by atoms with E-state index in [0.717, 1.165) is 30.0 Å². The number of carbonyl (C=O) groups is 1. The largest absolute Gasteiger partial charge is 0.465 e. The molecule has 0 saturated carbocycles. The smallest absolute Gasteiger partial charge is 0.343 e. The van der Waals surface area contributed by atoms with E-state index in [1.165, 1.54) is 18.2 Å². The molecule has 0 saturated heterocycles. The number of hydrogen-bond acceptors (Lipinski definition) is 4. The van der Waals surface area contributed by atoms with Gasteiger partial charge in [-0.2, -0.15) is 0 Å². The Labute approximate surface area is 163 Å². The number of rotatable bonds is 6. The molecule has 0 unspecified atom stereocenters. The number of nitrogens with zero attached hydrogens (tertiary/aromatic N) is 2. The van der Waals surface area contributed by atoms with Gasteiger partial charge in [-0.15, -0.1) is 0 Å². The molecule has 0 spiro atoms. The molecular formula is C22H22N4O2. The van der Waals surface area contributed by atoms with Gasteiger partial charge in [-0.3, -0.25) is 5.10 Å². The van der Waals surface area contributed by atoms with E-state index in [1.807, 2.05) is 30.3 Å². The van der Waals surface area contributed by atoms with E-state index < -0.39 is 5.97 Å². The predicted octanol–water partition coefficient (Wildman–Crippen LogP) is 4.08. The number of methoxy groups -OCH3 is 1. The second-order valence-corrected chi connectivity index (χ2v) is 6.68. The van der Waals surface area contributed by atoms with Gasteiger partial charge in [-0.05, 0) is 18.9 Å². The van der Waals surface area contributed by atoms with E-state index in [9.17, 15) is 4.79 Å². The first kappa shape index (κ1) is 17.9. The molecule has 2 aromatic heterocycles. The highest BCUT2D eigenvalue weighted by Crippen LogP contribution is 2.30. The first-order valence-electron chi connectivity index (χ1n) is 9.20. The molecule has 142 valence electrons. The van der Waals surface area contributed by atoms with Crippen LogP contribution >= 0.6 is 0 Å². The Hall–Kier alpha value is -3.54. The first-order chi connectivity index (χ1) is 13.7. The third-order valence-corrected chi connectivity index (χ3v) is 4.74. The molecule has 0 radical (unpaired) electrons. The fourth-order valence-electron chi connectivity index (χ4n) is 3.23. The van der Waals surface area contributed by atoms with Crippen molar-refractivity contribution in [3.8, 4) is 11.3 Å². The zero-order valence-corrected chi connectivity index (χ0v) is 15.9. The maximum Gasteiger partial charge on any atom is 0.343 e. The molecule has 0 amide bonds. The molecule has 28 heavy (non-hydrogen) atoms. The monoisotopic (exact) mass is 374 g/mol. The van der Waals surface area contributed by atoms with Crippen LogP contribution in [0.15, 0.2) is 60.8 Å². The van der Waals surface area contributed by atoms with Gasteiger partial charge in [0, 0.05) is 18.3 Å². The van der Waals surface area contributed by atoms with Crippen LogP contribution in [0.3, 0.4) is 0 Å². The normalized spacial score (nSPS) is 10.9. The Morgan fingerprint density at radius 3 is 2.61 bits per heavy atom. The van der Waals surface area contributed by atoms with Gasteiger partial charge in [0.15, 0.2) is 11.5 Å². The summed E-state index contributed by atoms with van der Waals surface area (Å²) in [4.78, 5) is 16.8. The van der Waals surface area contributed by atoms with Crippen LogP contribution in [-0.4, -0.2) is 34.2 Å². The van der Waals surface area contributed by atoms with Gasteiger partial charge in [0.1, 0.15) is 11.3 Å². The number of anilines is 1. The van der Waals surface area contributed by atoms with Crippen molar-refractivity contribution in [3.05, 3.63) is 77.5 Å². The molecule has 4 aromatic rings. The van der Waals surface area contributed by atoms with Gasteiger partial charge in [0.25, 0.3) is 0 Å². The topological polar surface area (TPSA) is 71.4 Å². The lowest BCUT2D eigenvalue weighted by molar-refractivity contribution is 0.0602. The van der Waals surface area contributed by atoms with E-state index in [0.29, 0.717) is 11.2 Å². The predicted molar refractivity (Wildman–Crippen MR) is 110 cm³/mol. The van der Waals surface area contributed by atoms with E-state index in [2.05, 4.69) is 41.6 Å². The number of aryl methyl sites for hydroxylation is 1. The molecule has 0 atom stereocenters. The van der Waals surface area contributed by atoms with Crippen LogP contribution < -0.4 is 5.32 Å². The summed E-state index contributed by atoms with van der Waals surface area (Å²) in [6.45, 7) is 2.79. The van der Waals surface area contributed by atoms with E-state index >= 15 is 0 Å². The van der Waals surface area contributed by atoms with Crippen LogP contribution in [0.25, 0.3) is 16.9 Å². The van der Waals surface area contributed by atoms with Crippen molar-refractivity contribution in [2.75, 3.05) is 19.0 Å². The highest BCUT2D eigenvalue weighted by atomic mass is 16.5. The van der Waals surface area contributed by atoms with E-state index in [4.69, 9.17) is 9.72 Å². The summed E-state index contributed by atoms with van der Waals surface area (Å²) < 4.78 is 6.68. The maximum atomic E-state index is 12.1. The van der Waals surface area contributed by atoms with E-state index in [1.54, 1.807) is 10.7 Å². The number of hydrogen-bond donors (Lipinski definition) is 2. The quantitative estimate of drug-likeness (QED) is 0.499.